The van der Waals surface area contributed by atoms with E-state index in [4.69, 9.17) is 4.98 Å². The van der Waals surface area contributed by atoms with Crippen LogP contribution in [0.25, 0.3) is 10.6 Å². The average molecular weight is 230 g/mol. The average Bonchev–Trinajstić information content (AvgIpc) is 3.01. The summed E-state index contributed by atoms with van der Waals surface area (Å²) in [6.45, 7) is 2.21. The van der Waals surface area contributed by atoms with E-state index in [0.29, 0.717) is 5.92 Å². The first-order chi connectivity index (χ1) is 7.93. The van der Waals surface area contributed by atoms with Gasteiger partial charge in [-0.1, -0.05) is 30.3 Å². The summed E-state index contributed by atoms with van der Waals surface area (Å²) in [4.78, 5) is 4.74. The predicted molar refractivity (Wildman–Crippen MR) is 67.8 cm³/mol. The fourth-order valence-electron chi connectivity index (χ4n) is 2.09. The van der Waals surface area contributed by atoms with E-state index in [-0.39, 0.29) is 0 Å². The molecule has 1 atom stereocenters. The van der Waals surface area contributed by atoms with Crippen LogP contribution >= 0.6 is 11.3 Å². The molecule has 1 unspecified atom stereocenters. The van der Waals surface area contributed by atoms with Crippen LogP contribution < -0.4 is 5.32 Å². The summed E-state index contributed by atoms with van der Waals surface area (Å²) in [6.07, 6.45) is 1.22. The maximum atomic E-state index is 4.74. The molecule has 1 saturated heterocycles. The Morgan fingerprint density at radius 2 is 2.12 bits per heavy atom. The number of nitrogens with zero attached hydrogens (tertiary/aromatic N) is 1. The Balaban J connectivity index is 1.87. The zero-order valence-corrected chi connectivity index (χ0v) is 9.83. The van der Waals surface area contributed by atoms with Crippen molar-refractivity contribution in [3.8, 4) is 10.6 Å². The van der Waals surface area contributed by atoms with E-state index in [0.717, 1.165) is 18.1 Å². The lowest BCUT2D eigenvalue weighted by molar-refractivity contribution is 0.742. The largest absolute Gasteiger partial charge is 0.316 e. The lowest BCUT2D eigenvalue weighted by Gasteiger charge is -2.02. The number of aromatic nitrogens is 1. The number of rotatable bonds is 2. The molecule has 1 aliphatic heterocycles. The molecule has 1 N–H and O–H groups in total. The van der Waals surface area contributed by atoms with Gasteiger partial charge in [0.15, 0.2) is 0 Å². The Morgan fingerprint density at radius 1 is 1.25 bits per heavy atom. The highest BCUT2D eigenvalue weighted by Crippen LogP contribution is 2.29. The maximum Gasteiger partial charge on any atom is 0.123 e. The highest BCUT2D eigenvalue weighted by Gasteiger charge is 2.19. The molecule has 2 heterocycles. The molecule has 3 rings (SSSR count). The van der Waals surface area contributed by atoms with Gasteiger partial charge in [-0.15, -0.1) is 11.3 Å². The number of nitrogens with one attached hydrogen (secondary N) is 1. The molecular formula is C13H14N2S. The van der Waals surface area contributed by atoms with Gasteiger partial charge in [0, 0.05) is 23.4 Å². The van der Waals surface area contributed by atoms with Crippen LogP contribution in [0.1, 0.15) is 18.0 Å². The first-order valence-corrected chi connectivity index (χ1v) is 6.53. The maximum absolute atomic E-state index is 4.74. The van der Waals surface area contributed by atoms with Crippen LogP contribution in [0.4, 0.5) is 0 Å². The van der Waals surface area contributed by atoms with Crippen LogP contribution in [-0.4, -0.2) is 18.1 Å². The molecule has 0 radical (unpaired) electrons. The lowest BCUT2D eigenvalue weighted by atomic mass is 10.1. The Kier molecular flexibility index (Phi) is 2.72. The molecule has 0 amide bonds. The molecule has 1 aliphatic rings. The van der Waals surface area contributed by atoms with Crippen LogP contribution in [0.2, 0.25) is 0 Å². The molecule has 0 aliphatic carbocycles. The summed E-state index contributed by atoms with van der Waals surface area (Å²) in [5.41, 5.74) is 2.48. The topological polar surface area (TPSA) is 24.9 Å². The molecule has 0 bridgehead atoms. The van der Waals surface area contributed by atoms with Crippen molar-refractivity contribution < 1.29 is 0 Å². The molecule has 2 nitrogen and oxygen atoms in total. The van der Waals surface area contributed by atoms with Gasteiger partial charge < -0.3 is 5.32 Å². The van der Waals surface area contributed by atoms with Crippen LogP contribution in [0.3, 0.4) is 0 Å². The van der Waals surface area contributed by atoms with Crippen molar-refractivity contribution >= 4 is 11.3 Å². The van der Waals surface area contributed by atoms with E-state index in [2.05, 4.69) is 35.0 Å². The van der Waals surface area contributed by atoms with E-state index in [1.54, 1.807) is 11.3 Å². The van der Waals surface area contributed by atoms with Gasteiger partial charge in [0.25, 0.3) is 0 Å². The number of hydrogen-bond donors (Lipinski definition) is 1. The molecule has 1 fully saturated rings. The second kappa shape index (κ2) is 4.36. The predicted octanol–water partition coefficient (Wildman–Crippen LogP) is 2.89. The second-order valence-corrected chi connectivity index (χ2v) is 4.99. The SMILES string of the molecule is c1ccc(-c2nc(C3CCNC3)cs2)cc1. The zero-order chi connectivity index (χ0) is 10.8. The quantitative estimate of drug-likeness (QED) is 0.858. The van der Waals surface area contributed by atoms with Gasteiger partial charge in [0.05, 0.1) is 5.69 Å². The molecule has 0 saturated carbocycles. The first-order valence-electron chi connectivity index (χ1n) is 5.65. The number of hydrogen-bond acceptors (Lipinski definition) is 3. The highest BCUT2D eigenvalue weighted by atomic mass is 32.1. The van der Waals surface area contributed by atoms with Crippen molar-refractivity contribution in [2.75, 3.05) is 13.1 Å². The molecule has 3 heteroatoms. The van der Waals surface area contributed by atoms with E-state index < -0.39 is 0 Å². The van der Waals surface area contributed by atoms with Gasteiger partial charge >= 0.3 is 0 Å². The third-order valence-electron chi connectivity index (χ3n) is 3.02. The Hall–Kier alpha value is -1.19. The summed E-state index contributed by atoms with van der Waals surface area (Å²) >= 11 is 1.75. The van der Waals surface area contributed by atoms with Crippen molar-refractivity contribution in [2.45, 2.75) is 12.3 Å². The van der Waals surface area contributed by atoms with Gasteiger partial charge in [0.1, 0.15) is 5.01 Å². The van der Waals surface area contributed by atoms with Gasteiger partial charge in [-0.05, 0) is 13.0 Å². The molecule has 2 aromatic rings. The molecule has 0 spiro atoms. The third kappa shape index (κ3) is 1.88. The summed E-state index contributed by atoms with van der Waals surface area (Å²) in [7, 11) is 0. The minimum absolute atomic E-state index is 0.619. The Morgan fingerprint density at radius 3 is 2.88 bits per heavy atom. The van der Waals surface area contributed by atoms with Crippen molar-refractivity contribution in [1.29, 1.82) is 0 Å². The van der Waals surface area contributed by atoms with Gasteiger partial charge in [-0.2, -0.15) is 0 Å². The minimum Gasteiger partial charge on any atom is -0.316 e. The standard InChI is InChI=1S/C13H14N2S/c1-2-4-10(5-3-1)13-15-12(9-16-13)11-6-7-14-8-11/h1-5,9,11,14H,6-8H2. The summed E-state index contributed by atoms with van der Waals surface area (Å²) in [6, 6.07) is 10.4. The van der Waals surface area contributed by atoms with E-state index in [9.17, 15) is 0 Å². The summed E-state index contributed by atoms with van der Waals surface area (Å²) in [5.74, 6) is 0.619. The van der Waals surface area contributed by atoms with Crippen molar-refractivity contribution in [1.82, 2.24) is 10.3 Å². The number of benzene rings is 1. The smallest absolute Gasteiger partial charge is 0.123 e. The molecule has 82 valence electrons. The van der Waals surface area contributed by atoms with Gasteiger partial charge in [-0.3, -0.25) is 0 Å². The minimum atomic E-state index is 0.619. The monoisotopic (exact) mass is 230 g/mol. The third-order valence-corrected chi connectivity index (χ3v) is 3.93. The van der Waals surface area contributed by atoms with Crippen LogP contribution in [-0.2, 0) is 0 Å². The fourth-order valence-corrected chi connectivity index (χ4v) is 3.00. The summed E-state index contributed by atoms with van der Waals surface area (Å²) < 4.78 is 0. The van der Waals surface area contributed by atoms with Crippen molar-refractivity contribution in [3.63, 3.8) is 0 Å². The molecule has 1 aromatic heterocycles. The van der Waals surface area contributed by atoms with Crippen molar-refractivity contribution in [2.24, 2.45) is 0 Å². The second-order valence-electron chi connectivity index (χ2n) is 4.13. The van der Waals surface area contributed by atoms with Gasteiger partial charge in [0.2, 0.25) is 0 Å². The molecule has 1 aromatic carbocycles. The normalized spacial score (nSPS) is 20.1. The van der Waals surface area contributed by atoms with Crippen LogP contribution in [0.15, 0.2) is 35.7 Å². The van der Waals surface area contributed by atoms with Crippen LogP contribution in [0.5, 0.6) is 0 Å². The lowest BCUT2D eigenvalue weighted by Crippen LogP contribution is -2.08. The van der Waals surface area contributed by atoms with E-state index >= 15 is 0 Å². The Labute approximate surface area is 99.4 Å². The first kappa shape index (κ1) is 10.00. The van der Waals surface area contributed by atoms with Crippen molar-refractivity contribution in [3.05, 3.63) is 41.4 Å². The van der Waals surface area contributed by atoms with E-state index in [1.807, 2.05) is 6.07 Å². The zero-order valence-electron chi connectivity index (χ0n) is 9.02. The molecule has 16 heavy (non-hydrogen) atoms. The highest BCUT2D eigenvalue weighted by molar-refractivity contribution is 7.13. The van der Waals surface area contributed by atoms with E-state index in [1.165, 1.54) is 17.7 Å². The Bertz CT molecular complexity index is 458. The van der Waals surface area contributed by atoms with Crippen LogP contribution in [0, 0.1) is 0 Å². The number of thiazole rings is 1. The summed E-state index contributed by atoms with van der Waals surface area (Å²) in [5, 5.41) is 6.73. The fraction of sp³-hybridized carbons (Fsp3) is 0.308. The van der Waals surface area contributed by atoms with Gasteiger partial charge in [-0.25, -0.2) is 4.98 Å². The molecular weight excluding hydrogens is 216 g/mol.